The molecule has 0 fully saturated rings. The molecular formula is C14H21N3O. The van der Waals surface area contributed by atoms with E-state index < -0.39 is 0 Å². The molecule has 0 radical (unpaired) electrons. The molecule has 0 aliphatic heterocycles. The second kappa shape index (κ2) is 5.94. The Morgan fingerprint density at radius 2 is 2.39 bits per heavy atom. The van der Waals surface area contributed by atoms with E-state index in [9.17, 15) is 4.79 Å². The molecule has 0 bridgehead atoms. The van der Waals surface area contributed by atoms with Gasteiger partial charge in [0.05, 0.1) is 6.42 Å². The summed E-state index contributed by atoms with van der Waals surface area (Å²) < 4.78 is 1.84. The molecule has 1 aromatic rings. The quantitative estimate of drug-likeness (QED) is 0.803. The average Bonchev–Trinajstić information content (AvgIpc) is 2.78. The maximum absolute atomic E-state index is 12.2. The SMILES string of the molecule is CCCn1ncnc1CC(=O)C1=CCC(C)CC1. The Morgan fingerprint density at radius 1 is 1.56 bits per heavy atom. The number of hydrogen-bond donors (Lipinski definition) is 0. The predicted molar refractivity (Wildman–Crippen MR) is 70.1 cm³/mol. The smallest absolute Gasteiger partial charge is 0.166 e. The molecule has 1 unspecified atom stereocenters. The molecule has 0 saturated heterocycles. The maximum Gasteiger partial charge on any atom is 0.166 e. The van der Waals surface area contributed by atoms with Crippen LogP contribution in [0.4, 0.5) is 0 Å². The number of allylic oxidation sites excluding steroid dienone is 2. The van der Waals surface area contributed by atoms with Crippen LogP contribution in [0, 0.1) is 5.92 Å². The molecule has 0 amide bonds. The van der Waals surface area contributed by atoms with Crippen molar-refractivity contribution in [3.8, 4) is 0 Å². The molecular weight excluding hydrogens is 226 g/mol. The van der Waals surface area contributed by atoms with Crippen molar-refractivity contribution in [2.45, 2.75) is 52.5 Å². The van der Waals surface area contributed by atoms with Crippen molar-refractivity contribution < 1.29 is 4.79 Å². The first-order chi connectivity index (χ1) is 8.70. The zero-order valence-electron chi connectivity index (χ0n) is 11.2. The standard InChI is InChI=1S/C14H21N3O/c1-3-8-17-14(15-10-16-17)9-13(18)12-6-4-11(2)5-7-12/h6,10-11H,3-5,7-9H2,1-2H3. The van der Waals surface area contributed by atoms with E-state index in [0.29, 0.717) is 12.3 Å². The maximum atomic E-state index is 12.2. The van der Waals surface area contributed by atoms with Crippen molar-refractivity contribution >= 4 is 5.78 Å². The average molecular weight is 247 g/mol. The molecule has 2 rings (SSSR count). The van der Waals surface area contributed by atoms with Crippen molar-refractivity contribution in [3.63, 3.8) is 0 Å². The number of nitrogens with zero attached hydrogens (tertiary/aromatic N) is 3. The van der Waals surface area contributed by atoms with Gasteiger partial charge in [-0.15, -0.1) is 0 Å². The highest BCUT2D eigenvalue weighted by atomic mass is 16.1. The summed E-state index contributed by atoms with van der Waals surface area (Å²) in [4.78, 5) is 16.4. The van der Waals surface area contributed by atoms with Crippen LogP contribution in [0.25, 0.3) is 0 Å². The summed E-state index contributed by atoms with van der Waals surface area (Å²) in [5.74, 6) is 1.72. The van der Waals surface area contributed by atoms with Crippen LogP contribution in [0.2, 0.25) is 0 Å². The van der Waals surface area contributed by atoms with Gasteiger partial charge in [-0.25, -0.2) is 9.67 Å². The minimum atomic E-state index is 0.215. The van der Waals surface area contributed by atoms with Crippen LogP contribution < -0.4 is 0 Å². The fourth-order valence-electron chi connectivity index (χ4n) is 2.30. The van der Waals surface area contributed by atoms with Crippen LogP contribution in [0.15, 0.2) is 18.0 Å². The van der Waals surface area contributed by atoms with Gasteiger partial charge in [0, 0.05) is 6.54 Å². The molecule has 98 valence electrons. The van der Waals surface area contributed by atoms with Gasteiger partial charge >= 0.3 is 0 Å². The van der Waals surface area contributed by atoms with Crippen molar-refractivity contribution in [2.75, 3.05) is 0 Å². The topological polar surface area (TPSA) is 47.8 Å². The molecule has 0 aromatic carbocycles. The Labute approximate surface area is 108 Å². The summed E-state index contributed by atoms with van der Waals surface area (Å²) in [7, 11) is 0. The molecule has 1 aliphatic rings. The van der Waals surface area contributed by atoms with E-state index in [2.05, 4.69) is 30.0 Å². The molecule has 0 N–H and O–H groups in total. The molecule has 4 nitrogen and oxygen atoms in total. The molecule has 18 heavy (non-hydrogen) atoms. The molecule has 0 spiro atoms. The Morgan fingerprint density at radius 3 is 3.06 bits per heavy atom. The summed E-state index contributed by atoms with van der Waals surface area (Å²) in [5.41, 5.74) is 0.985. The molecule has 0 saturated carbocycles. The van der Waals surface area contributed by atoms with Gasteiger partial charge in [0.1, 0.15) is 12.2 Å². The Hall–Kier alpha value is -1.45. The summed E-state index contributed by atoms with van der Waals surface area (Å²) in [6.07, 6.45) is 8.11. The van der Waals surface area contributed by atoms with Gasteiger partial charge in [0.2, 0.25) is 0 Å². The molecule has 1 aromatic heterocycles. The first-order valence-electron chi connectivity index (χ1n) is 6.79. The van der Waals surface area contributed by atoms with Gasteiger partial charge in [-0.05, 0) is 37.2 Å². The second-order valence-electron chi connectivity index (χ2n) is 5.11. The van der Waals surface area contributed by atoms with Gasteiger partial charge in [0.15, 0.2) is 5.78 Å². The van der Waals surface area contributed by atoms with Crippen molar-refractivity contribution in [3.05, 3.63) is 23.8 Å². The van der Waals surface area contributed by atoms with E-state index in [4.69, 9.17) is 0 Å². The van der Waals surface area contributed by atoms with Crippen LogP contribution in [0.5, 0.6) is 0 Å². The zero-order valence-corrected chi connectivity index (χ0v) is 11.2. The number of rotatable bonds is 5. The van der Waals surface area contributed by atoms with Crippen molar-refractivity contribution in [2.24, 2.45) is 5.92 Å². The number of hydrogen-bond acceptors (Lipinski definition) is 3. The van der Waals surface area contributed by atoms with Crippen molar-refractivity contribution in [1.29, 1.82) is 0 Å². The summed E-state index contributed by atoms with van der Waals surface area (Å²) in [6, 6.07) is 0. The third-order valence-electron chi connectivity index (χ3n) is 3.48. The highest BCUT2D eigenvalue weighted by Crippen LogP contribution is 2.24. The first-order valence-corrected chi connectivity index (χ1v) is 6.79. The highest BCUT2D eigenvalue weighted by Gasteiger charge is 2.18. The lowest BCUT2D eigenvalue weighted by atomic mass is 9.88. The van der Waals surface area contributed by atoms with Gasteiger partial charge in [-0.2, -0.15) is 5.10 Å². The van der Waals surface area contributed by atoms with E-state index in [1.165, 1.54) is 6.33 Å². The van der Waals surface area contributed by atoms with Crippen LogP contribution in [-0.4, -0.2) is 20.5 Å². The second-order valence-corrected chi connectivity index (χ2v) is 5.11. The summed E-state index contributed by atoms with van der Waals surface area (Å²) in [5, 5.41) is 4.15. The van der Waals surface area contributed by atoms with Gasteiger partial charge < -0.3 is 0 Å². The predicted octanol–water partition coefficient (Wildman–Crippen LogP) is 2.55. The third-order valence-corrected chi connectivity index (χ3v) is 3.48. The fourth-order valence-corrected chi connectivity index (χ4v) is 2.30. The molecule has 1 heterocycles. The monoisotopic (exact) mass is 247 g/mol. The van der Waals surface area contributed by atoms with E-state index in [0.717, 1.165) is 43.6 Å². The lowest BCUT2D eigenvalue weighted by Crippen LogP contribution is -2.15. The van der Waals surface area contributed by atoms with Crippen LogP contribution in [0.1, 0.15) is 45.4 Å². The van der Waals surface area contributed by atoms with E-state index in [1.807, 2.05) is 4.68 Å². The van der Waals surface area contributed by atoms with Crippen LogP contribution in [0.3, 0.4) is 0 Å². The zero-order chi connectivity index (χ0) is 13.0. The van der Waals surface area contributed by atoms with Crippen LogP contribution in [-0.2, 0) is 17.8 Å². The highest BCUT2D eigenvalue weighted by molar-refractivity contribution is 5.96. The minimum absolute atomic E-state index is 0.215. The number of carbonyl (C=O) groups excluding carboxylic acids is 1. The Kier molecular flexibility index (Phi) is 4.28. The number of carbonyl (C=O) groups is 1. The van der Waals surface area contributed by atoms with E-state index >= 15 is 0 Å². The number of Topliss-reactive ketones (excluding diaryl/α,β-unsaturated/α-hetero) is 1. The third kappa shape index (κ3) is 3.06. The Bertz CT molecular complexity index is 448. The molecule has 1 aliphatic carbocycles. The molecule has 4 heteroatoms. The van der Waals surface area contributed by atoms with Gasteiger partial charge in [-0.3, -0.25) is 4.79 Å². The lowest BCUT2D eigenvalue weighted by molar-refractivity contribution is -0.115. The number of ketones is 1. The minimum Gasteiger partial charge on any atom is -0.294 e. The number of aromatic nitrogens is 3. The Balaban J connectivity index is 2.00. The summed E-state index contributed by atoms with van der Waals surface area (Å²) in [6.45, 7) is 5.16. The van der Waals surface area contributed by atoms with Crippen molar-refractivity contribution in [1.82, 2.24) is 14.8 Å². The number of aryl methyl sites for hydroxylation is 1. The largest absolute Gasteiger partial charge is 0.294 e. The fraction of sp³-hybridized carbons (Fsp3) is 0.643. The van der Waals surface area contributed by atoms with Gasteiger partial charge in [0.25, 0.3) is 0 Å². The van der Waals surface area contributed by atoms with E-state index in [1.54, 1.807) is 0 Å². The van der Waals surface area contributed by atoms with Gasteiger partial charge in [-0.1, -0.05) is 19.9 Å². The summed E-state index contributed by atoms with van der Waals surface area (Å²) >= 11 is 0. The normalized spacial score (nSPS) is 19.7. The molecule has 1 atom stereocenters. The van der Waals surface area contributed by atoms with Crippen LogP contribution >= 0.6 is 0 Å². The van der Waals surface area contributed by atoms with E-state index in [-0.39, 0.29) is 5.78 Å². The first kappa shape index (κ1) is 13.0. The lowest BCUT2D eigenvalue weighted by Gasteiger charge is -2.17.